The summed E-state index contributed by atoms with van der Waals surface area (Å²) in [7, 11) is 1.70. The zero-order valence-corrected chi connectivity index (χ0v) is 8.83. The van der Waals surface area contributed by atoms with Crippen LogP contribution in [-0.2, 0) is 4.74 Å². The van der Waals surface area contributed by atoms with Crippen LogP contribution in [0.25, 0.3) is 0 Å². The zero-order valence-electron chi connectivity index (χ0n) is 8.83. The van der Waals surface area contributed by atoms with E-state index in [9.17, 15) is 5.11 Å². The van der Waals surface area contributed by atoms with E-state index in [-0.39, 0.29) is 12.2 Å². The maximum absolute atomic E-state index is 9.79. The first kappa shape index (κ1) is 11.0. The maximum atomic E-state index is 9.79. The number of hydrogen-bond acceptors (Lipinski definition) is 2. The highest BCUT2D eigenvalue weighted by atomic mass is 16.5. The third kappa shape index (κ3) is 4.10. The Hall–Kier alpha value is -0.0800. The van der Waals surface area contributed by atoms with Gasteiger partial charge in [0.05, 0.1) is 12.2 Å². The maximum Gasteiger partial charge on any atom is 0.0830 e. The van der Waals surface area contributed by atoms with Gasteiger partial charge < -0.3 is 9.84 Å². The lowest BCUT2D eigenvalue weighted by Crippen LogP contribution is -2.27. The van der Waals surface area contributed by atoms with Gasteiger partial charge in [-0.1, -0.05) is 26.2 Å². The number of hydrogen-bond donors (Lipinski definition) is 1. The van der Waals surface area contributed by atoms with Gasteiger partial charge in [0, 0.05) is 7.11 Å². The number of aliphatic hydroxyl groups is 1. The summed E-state index contributed by atoms with van der Waals surface area (Å²) in [5.74, 6) is 0.911. The molecule has 2 nitrogen and oxygen atoms in total. The third-order valence-electron chi connectivity index (χ3n) is 2.87. The molecule has 0 aromatic heterocycles. The van der Waals surface area contributed by atoms with E-state index in [0.29, 0.717) is 0 Å². The second-order valence-electron chi connectivity index (χ2n) is 4.15. The molecule has 2 atom stereocenters. The predicted molar refractivity (Wildman–Crippen MR) is 53.7 cm³/mol. The fraction of sp³-hybridized carbons (Fsp3) is 1.00. The molecule has 0 saturated heterocycles. The minimum Gasteiger partial charge on any atom is -0.390 e. The Kier molecular flexibility index (Phi) is 4.74. The van der Waals surface area contributed by atoms with Crippen LogP contribution in [0.15, 0.2) is 0 Å². The molecule has 1 saturated carbocycles. The highest BCUT2D eigenvalue weighted by Crippen LogP contribution is 2.34. The Morgan fingerprint density at radius 2 is 2.08 bits per heavy atom. The van der Waals surface area contributed by atoms with Crippen molar-refractivity contribution in [2.75, 3.05) is 7.11 Å². The molecule has 0 heterocycles. The third-order valence-corrected chi connectivity index (χ3v) is 2.87. The Labute approximate surface area is 81.3 Å². The molecule has 13 heavy (non-hydrogen) atoms. The molecule has 2 unspecified atom stereocenters. The number of methoxy groups -OCH3 is 1. The van der Waals surface area contributed by atoms with Gasteiger partial charge in [-0.25, -0.2) is 0 Å². The lowest BCUT2D eigenvalue weighted by molar-refractivity contribution is -0.0215. The van der Waals surface area contributed by atoms with Crippen molar-refractivity contribution < 1.29 is 9.84 Å². The molecule has 78 valence electrons. The van der Waals surface area contributed by atoms with E-state index in [1.807, 2.05) is 0 Å². The second kappa shape index (κ2) is 5.61. The Morgan fingerprint density at radius 3 is 2.54 bits per heavy atom. The fourth-order valence-electron chi connectivity index (χ4n) is 1.75. The quantitative estimate of drug-likeness (QED) is 0.661. The highest BCUT2D eigenvalue weighted by Gasteiger charge is 2.24. The molecule has 1 rings (SSSR count). The van der Waals surface area contributed by atoms with Crippen LogP contribution in [0, 0.1) is 5.92 Å². The SMILES string of the molecule is CCCC(OC)C(O)CCC1CC1. The molecular formula is C11H22O2. The minimum absolute atomic E-state index is 0.0590. The molecule has 0 aliphatic heterocycles. The van der Waals surface area contributed by atoms with E-state index < -0.39 is 0 Å². The lowest BCUT2D eigenvalue weighted by Gasteiger charge is -2.20. The average molecular weight is 186 g/mol. The van der Waals surface area contributed by atoms with Gasteiger partial charge in [-0.05, 0) is 25.2 Å². The summed E-state index contributed by atoms with van der Waals surface area (Å²) in [5, 5.41) is 9.79. The molecule has 1 aliphatic rings. The first-order valence-electron chi connectivity index (χ1n) is 5.48. The molecule has 0 bridgehead atoms. The largest absolute Gasteiger partial charge is 0.390 e. The average Bonchev–Trinajstić information content (AvgIpc) is 2.93. The van der Waals surface area contributed by atoms with Crippen LogP contribution in [0.4, 0.5) is 0 Å². The first-order chi connectivity index (χ1) is 6.27. The Balaban J connectivity index is 2.12. The topological polar surface area (TPSA) is 29.5 Å². The van der Waals surface area contributed by atoms with E-state index >= 15 is 0 Å². The van der Waals surface area contributed by atoms with Gasteiger partial charge in [-0.3, -0.25) is 0 Å². The first-order valence-corrected chi connectivity index (χ1v) is 5.48. The van der Waals surface area contributed by atoms with Gasteiger partial charge in [-0.2, -0.15) is 0 Å². The summed E-state index contributed by atoms with van der Waals surface area (Å²) in [5.41, 5.74) is 0. The van der Waals surface area contributed by atoms with Crippen LogP contribution >= 0.6 is 0 Å². The molecular weight excluding hydrogens is 164 g/mol. The Bertz CT molecular complexity index is 132. The van der Waals surface area contributed by atoms with Crippen molar-refractivity contribution in [3.63, 3.8) is 0 Å². The minimum atomic E-state index is -0.245. The summed E-state index contributed by atoms with van der Waals surface area (Å²) in [6.45, 7) is 2.12. The molecule has 1 aliphatic carbocycles. The van der Waals surface area contributed by atoms with E-state index in [2.05, 4.69) is 6.92 Å². The molecule has 1 N–H and O–H groups in total. The van der Waals surface area contributed by atoms with Gasteiger partial charge in [0.15, 0.2) is 0 Å². The molecule has 0 spiro atoms. The van der Waals surface area contributed by atoms with Crippen LogP contribution in [0.5, 0.6) is 0 Å². The van der Waals surface area contributed by atoms with E-state index in [0.717, 1.165) is 25.2 Å². The fourth-order valence-corrected chi connectivity index (χ4v) is 1.75. The van der Waals surface area contributed by atoms with Gasteiger partial charge in [0.2, 0.25) is 0 Å². The van der Waals surface area contributed by atoms with Crippen LogP contribution in [0.2, 0.25) is 0 Å². The van der Waals surface area contributed by atoms with Gasteiger partial charge >= 0.3 is 0 Å². The smallest absolute Gasteiger partial charge is 0.0830 e. The van der Waals surface area contributed by atoms with Crippen molar-refractivity contribution in [2.45, 2.75) is 57.7 Å². The van der Waals surface area contributed by atoms with Crippen molar-refractivity contribution >= 4 is 0 Å². The molecule has 0 aromatic carbocycles. The molecule has 1 fully saturated rings. The van der Waals surface area contributed by atoms with Crippen molar-refractivity contribution in [3.8, 4) is 0 Å². The standard InChI is InChI=1S/C11H22O2/c1-3-4-11(13-2)10(12)8-7-9-5-6-9/h9-12H,3-8H2,1-2H3. The molecule has 0 aromatic rings. The zero-order chi connectivity index (χ0) is 9.68. The molecule has 0 amide bonds. The highest BCUT2D eigenvalue weighted by molar-refractivity contribution is 4.76. The molecule has 2 heteroatoms. The monoisotopic (exact) mass is 186 g/mol. The summed E-state index contributed by atoms with van der Waals surface area (Å²) < 4.78 is 5.26. The van der Waals surface area contributed by atoms with Crippen molar-refractivity contribution in [3.05, 3.63) is 0 Å². The normalized spacial score (nSPS) is 21.5. The van der Waals surface area contributed by atoms with Gasteiger partial charge in [-0.15, -0.1) is 0 Å². The summed E-state index contributed by atoms with van der Waals surface area (Å²) >= 11 is 0. The van der Waals surface area contributed by atoms with Crippen LogP contribution in [0.1, 0.15) is 45.4 Å². The van der Waals surface area contributed by atoms with E-state index in [4.69, 9.17) is 4.74 Å². The van der Waals surface area contributed by atoms with Crippen molar-refractivity contribution in [1.82, 2.24) is 0 Å². The van der Waals surface area contributed by atoms with E-state index in [1.165, 1.54) is 19.3 Å². The number of ether oxygens (including phenoxy) is 1. The van der Waals surface area contributed by atoms with E-state index in [1.54, 1.807) is 7.11 Å². The number of aliphatic hydroxyl groups excluding tert-OH is 1. The number of rotatable bonds is 7. The van der Waals surface area contributed by atoms with Crippen LogP contribution in [0.3, 0.4) is 0 Å². The lowest BCUT2D eigenvalue weighted by atomic mass is 10.0. The summed E-state index contributed by atoms with van der Waals surface area (Å²) in [6, 6.07) is 0. The molecule has 0 radical (unpaired) electrons. The van der Waals surface area contributed by atoms with Crippen LogP contribution in [-0.4, -0.2) is 24.4 Å². The van der Waals surface area contributed by atoms with Crippen molar-refractivity contribution in [1.29, 1.82) is 0 Å². The van der Waals surface area contributed by atoms with Crippen LogP contribution < -0.4 is 0 Å². The predicted octanol–water partition coefficient (Wildman–Crippen LogP) is 2.35. The van der Waals surface area contributed by atoms with Gasteiger partial charge in [0.25, 0.3) is 0 Å². The second-order valence-corrected chi connectivity index (χ2v) is 4.15. The summed E-state index contributed by atoms with van der Waals surface area (Å²) in [4.78, 5) is 0. The van der Waals surface area contributed by atoms with Crippen molar-refractivity contribution in [2.24, 2.45) is 5.92 Å². The Morgan fingerprint density at radius 1 is 1.38 bits per heavy atom. The van der Waals surface area contributed by atoms with Gasteiger partial charge in [0.1, 0.15) is 0 Å². The summed E-state index contributed by atoms with van der Waals surface area (Å²) in [6.07, 6.45) is 6.72.